The molecule has 2 heterocycles. The van der Waals surface area contributed by atoms with Crippen molar-refractivity contribution in [2.75, 3.05) is 0 Å². The molecule has 4 atom stereocenters. The summed E-state index contributed by atoms with van der Waals surface area (Å²) in [5.41, 5.74) is -0.738. The van der Waals surface area contributed by atoms with Crippen molar-refractivity contribution in [1.29, 1.82) is 0 Å². The highest BCUT2D eigenvalue weighted by molar-refractivity contribution is 6.10. The molecule has 0 spiro atoms. The number of carboxylic acids is 2. The first kappa shape index (κ1) is 21.8. The summed E-state index contributed by atoms with van der Waals surface area (Å²) in [5, 5.41) is 24.4. The Morgan fingerprint density at radius 1 is 0.882 bits per heavy atom. The number of amides is 2. The highest BCUT2D eigenvalue weighted by Crippen LogP contribution is 2.51. The van der Waals surface area contributed by atoms with Gasteiger partial charge in [-0.05, 0) is 21.9 Å². The SMILES string of the molecule is O=C(O)CC1(C(=O)O)NC(c2cccc3ccccc23)C2C(=O)N(Cc3ccccc3)C(=O)C21. The van der Waals surface area contributed by atoms with Crippen molar-refractivity contribution in [2.24, 2.45) is 11.8 Å². The number of hydrogen-bond acceptors (Lipinski definition) is 5. The van der Waals surface area contributed by atoms with Crippen LogP contribution in [-0.2, 0) is 25.7 Å². The van der Waals surface area contributed by atoms with Gasteiger partial charge in [0.2, 0.25) is 11.8 Å². The minimum absolute atomic E-state index is 0.00344. The maximum Gasteiger partial charge on any atom is 0.325 e. The molecule has 2 saturated heterocycles. The van der Waals surface area contributed by atoms with E-state index in [2.05, 4.69) is 5.32 Å². The lowest BCUT2D eigenvalue weighted by atomic mass is 9.77. The van der Waals surface area contributed by atoms with E-state index in [4.69, 9.17) is 0 Å². The maximum atomic E-state index is 13.6. The molecule has 3 N–H and O–H groups in total. The van der Waals surface area contributed by atoms with Gasteiger partial charge in [-0.2, -0.15) is 0 Å². The fourth-order valence-electron chi connectivity index (χ4n) is 5.45. The average Bonchev–Trinajstić information content (AvgIpc) is 3.29. The number of aliphatic carboxylic acids is 2. The van der Waals surface area contributed by atoms with Crippen molar-refractivity contribution in [2.45, 2.75) is 24.5 Å². The largest absolute Gasteiger partial charge is 0.481 e. The third-order valence-electron chi connectivity index (χ3n) is 6.90. The Morgan fingerprint density at radius 2 is 1.56 bits per heavy atom. The van der Waals surface area contributed by atoms with E-state index in [0.29, 0.717) is 5.56 Å². The van der Waals surface area contributed by atoms with Crippen LogP contribution >= 0.6 is 0 Å². The Bertz CT molecular complexity index is 1320. The van der Waals surface area contributed by atoms with Gasteiger partial charge in [-0.15, -0.1) is 0 Å². The molecule has 5 rings (SSSR count). The number of carboxylic acid groups (broad SMARTS) is 2. The van der Waals surface area contributed by atoms with Gasteiger partial charge >= 0.3 is 11.9 Å². The average molecular weight is 458 g/mol. The van der Waals surface area contributed by atoms with Crippen LogP contribution in [0.4, 0.5) is 0 Å². The first-order chi connectivity index (χ1) is 16.3. The van der Waals surface area contributed by atoms with Crippen LogP contribution in [0, 0.1) is 11.8 Å². The number of benzene rings is 3. The molecule has 4 unspecified atom stereocenters. The van der Waals surface area contributed by atoms with Crippen LogP contribution in [0.2, 0.25) is 0 Å². The van der Waals surface area contributed by atoms with Gasteiger partial charge in [-0.3, -0.25) is 29.4 Å². The van der Waals surface area contributed by atoms with Crippen molar-refractivity contribution in [1.82, 2.24) is 10.2 Å². The topological polar surface area (TPSA) is 124 Å². The zero-order valence-electron chi connectivity index (χ0n) is 18.0. The van der Waals surface area contributed by atoms with Crippen LogP contribution < -0.4 is 5.32 Å². The molecule has 8 heteroatoms. The molecule has 2 aliphatic rings. The van der Waals surface area contributed by atoms with Gasteiger partial charge in [0, 0.05) is 6.04 Å². The molecule has 2 aliphatic heterocycles. The van der Waals surface area contributed by atoms with Crippen LogP contribution in [0.25, 0.3) is 10.8 Å². The zero-order chi connectivity index (χ0) is 24.0. The number of imide groups is 1. The Hall–Kier alpha value is -4.04. The van der Waals surface area contributed by atoms with Crippen LogP contribution in [0.5, 0.6) is 0 Å². The van der Waals surface area contributed by atoms with Gasteiger partial charge in [-0.25, -0.2) is 0 Å². The predicted molar refractivity (Wildman–Crippen MR) is 121 cm³/mol. The van der Waals surface area contributed by atoms with Gasteiger partial charge in [0.05, 0.1) is 24.8 Å². The number of likely N-dealkylation sites (tertiary alicyclic amines) is 1. The second-order valence-corrected chi connectivity index (χ2v) is 8.79. The standard InChI is InChI=1S/C26H22N2O6/c29-19(30)13-26(25(33)34)21-20(23(31)28(24(21)32)14-15-7-2-1-3-8-15)22(27-26)18-12-6-10-16-9-4-5-11-17(16)18/h1-12,20-22,27H,13-14H2,(H,29,30)(H,33,34). The number of rotatable bonds is 6. The molecular formula is C26H22N2O6. The van der Waals surface area contributed by atoms with Crippen molar-refractivity contribution in [3.05, 3.63) is 83.9 Å². The molecule has 34 heavy (non-hydrogen) atoms. The molecule has 0 saturated carbocycles. The third kappa shape index (κ3) is 3.26. The highest BCUT2D eigenvalue weighted by atomic mass is 16.4. The Kier molecular flexibility index (Phi) is 5.17. The number of carbonyl (C=O) groups excluding carboxylic acids is 2. The van der Waals surface area contributed by atoms with Crippen molar-refractivity contribution < 1.29 is 29.4 Å². The van der Waals surface area contributed by atoms with Crippen LogP contribution in [0.3, 0.4) is 0 Å². The van der Waals surface area contributed by atoms with E-state index >= 15 is 0 Å². The highest BCUT2D eigenvalue weighted by Gasteiger charge is 2.69. The first-order valence-corrected chi connectivity index (χ1v) is 10.9. The molecule has 0 aromatic heterocycles. The fourth-order valence-corrected chi connectivity index (χ4v) is 5.45. The minimum Gasteiger partial charge on any atom is -0.481 e. The summed E-state index contributed by atoms with van der Waals surface area (Å²) in [7, 11) is 0. The van der Waals surface area contributed by atoms with Gasteiger partial charge in [-0.1, -0.05) is 72.8 Å². The minimum atomic E-state index is -2.11. The van der Waals surface area contributed by atoms with E-state index in [0.717, 1.165) is 21.2 Å². The summed E-state index contributed by atoms with van der Waals surface area (Å²) >= 11 is 0. The van der Waals surface area contributed by atoms with Crippen LogP contribution in [0.15, 0.2) is 72.8 Å². The normalized spacial score (nSPS) is 26.1. The summed E-state index contributed by atoms with van der Waals surface area (Å²) in [4.78, 5) is 52.6. The molecular weight excluding hydrogens is 436 g/mol. The van der Waals surface area contributed by atoms with Crippen molar-refractivity contribution in [3.8, 4) is 0 Å². The predicted octanol–water partition coefficient (Wildman–Crippen LogP) is 2.58. The molecule has 0 aliphatic carbocycles. The number of fused-ring (bicyclic) bond motifs is 2. The third-order valence-corrected chi connectivity index (χ3v) is 6.90. The van der Waals surface area contributed by atoms with Crippen molar-refractivity contribution in [3.63, 3.8) is 0 Å². The molecule has 2 fully saturated rings. The summed E-state index contributed by atoms with van der Waals surface area (Å²) in [6.45, 7) is -0.00344. The van der Waals surface area contributed by atoms with E-state index in [1.54, 1.807) is 36.4 Å². The Morgan fingerprint density at radius 3 is 2.26 bits per heavy atom. The fraction of sp³-hybridized carbons (Fsp3) is 0.231. The monoisotopic (exact) mass is 458 g/mol. The molecule has 8 nitrogen and oxygen atoms in total. The number of nitrogens with one attached hydrogen (secondary N) is 1. The van der Waals surface area contributed by atoms with Gasteiger partial charge in [0.25, 0.3) is 0 Å². The van der Waals surface area contributed by atoms with Crippen molar-refractivity contribution >= 4 is 34.5 Å². The maximum absolute atomic E-state index is 13.6. The summed E-state index contributed by atoms with van der Waals surface area (Å²) < 4.78 is 0. The number of nitrogens with zero attached hydrogens (tertiary/aromatic N) is 1. The lowest BCUT2D eigenvalue weighted by Crippen LogP contribution is -2.56. The van der Waals surface area contributed by atoms with E-state index in [9.17, 15) is 29.4 Å². The van der Waals surface area contributed by atoms with E-state index in [-0.39, 0.29) is 6.54 Å². The summed E-state index contributed by atoms with van der Waals surface area (Å²) in [6, 6.07) is 21.0. The van der Waals surface area contributed by atoms with E-state index in [1.165, 1.54) is 0 Å². The molecule has 3 aromatic rings. The van der Waals surface area contributed by atoms with E-state index < -0.39 is 53.6 Å². The lowest BCUT2D eigenvalue weighted by molar-refractivity contribution is -0.156. The van der Waals surface area contributed by atoms with Crippen LogP contribution in [0.1, 0.15) is 23.6 Å². The quantitative estimate of drug-likeness (QED) is 0.485. The molecule has 0 bridgehead atoms. The van der Waals surface area contributed by atoms with Gasteiger partial charge in [0.15, 0.2) is 0 Å². The first-order valence-electron chi connectivity index (χ1n) is 10.9. The zero-order valence-corrected chi connectivity index (χ0v) is 18.0. The number of carbonyl (C=O) groups is 4. The molecule has 0 radical (unpaired) electrons. The smallest absolute Gasteiger partial charge is 0.325 e. The summed E-state index contributed by atoms with van der Waals surface area (Å²) in [6.07, 6.45) is -0.830. The number of hydrogen-bond donors (Lipinski definition) is 3. The molecule has 172 valence electrons. The van der Waals surface area contributed by atoms with Gasteiger partial charge < -0.3 is 10.2 Å². The molecule has 3 aromatic carbocycles. The molecule has 2 amide bonds. The van der Waals surface area contributed by atoms with Gasteiger partial charge in [0.1, 0.15) is 5.54 Å². The van der Waals surface area contributed by atoms with Crippen LogP contribution in [-0.4, -0.2) is 44.4 Å². The Labute approximate surface area is 194 Å². The Balaban J connectivity index is 1.66. The summed E-state index contributed by atoms with van der Waals surface area (Å²) in [5.74, 6) is -6.39. The van der Waals surface area contributed by atoms with E-state index in [1.807, 2.05) is 36.4 Å². The second kappa shape index (κ2) is 8.07. The second-order valence-electron chi connectivity index (χ2n) is 8.79. The lowest BCUT2D eigenvalue weighted by Gasteiger charge is -2.30.